The molecule has 7 nitrogen and oxygen atoms in total. The number of halogens is 4. The second kappa shape index (κ2) is 9.44. The standard InChI is InChI=1S/C25H24Cl2F2N6O/c1-12-22-17(24(28)29)9-20(16-5-6-16)30-25(22)35(32-12)11-21(36)31-23-13(2)33-34(14(23)3)10-15-4-7-18(26)19(27)8-15/h4,7-9,16,24H,5-6,10-11H2,1-3H3,(H,31,36). The third kappa shape index (κ3) is 4.69. The number of benzene rings is 1. The first-order chi connectivity index (χ1) is 17.1. The molecule has 0 radical (unpaired) electrons. The van der Waals surface area contributed by atoms with Crippen molar-refractivity contribution in [3.05, 3.63) is 68.2 Å². The number of carbonyl (C=O) groups is 1. The normalized spacial score (nSPS) is 13.7. The van der Waals surface area contributed by atoms with Gasteiger partial charge in [0.25, 0.3) is 6.43 Å². The molecule has 5 rings (SSSR count). The maximum Gasteiger partial charge on any atom is 0.264 e. The van der Waals surface area contributed by atoms with E-state index < -0.39 is 6.43 Å². The number of fused-ring (bicyclic) bond motifs is 1. The number of anilines is 1. The van der Waals surface area contributed by atoms with Gasteiger partial charge in [-0.3, -0.25) is 9.48 Å². The molecule has 36 heavy (non-hydrogen) atoms. The van der Waals surface area contributed by atoms with E-state index in [1.54, 1.807) is 30.7 Å². The van der Waals surface area contributed by atoms with Crippen LogP contribution in [0.5, 0.6) is 0 Å². The molecular weight excluding hydrogens is 509 g/mol. The lowest BCUT2D eigenvalue weighted by atomic mass is 10.1. The molecule has 1 aromatic carbocycles. The molecule has 0 aliphatic heterocycles. The van der Waals surface area contributed by atoms with E-state index in [9.17, 15) is 13.6 Å². The van der Waals surface area contributed by atoms with E-state index in [1.807, 2.05) is 13.0 Å². The summed E-state index contributed by atoms with van der Waals surface area (Å²) in [6, 6.07) is 6.86. The number of carbonyl (C=O) groups excluding carboxylic acids is 1. The third-order valence-corrected chi connectivity index (χ3v) is 7.15. The Hall–Kier alpha value is -3.04. The van der Waals surface area contributed by atoms with Gasteiger partial charge in [-0.25, -0.2) is 18.4 Å². The zero-order valence-corrected chi connectivity index (χ0v) is 21.5. The van der Waals surface area contributed by atoms with Gasteiger partial charge in [0.05, 0.1) is 44.7 Å². The molecule has 1 aliphatic rings. The van der Waals surface area contributed by atoms with Crippen molar-refractivity contribution in [3.8, 4) is 0 Å². The van der Waals surface area contributed by atoms with Gasteiger partial charge in [0.2, 0.25) is 5.91 Å². The van der Waals surface area contributed by atoms with Gasteiger partial charge >= 0.3 is 0 Å². The number of alkyl halides is 2. The number of nitrogens with zero attached hydrogens (tertiary/aromatic N) is 5. The van der Waals surface area contributed by atoms with Gasteiger partial charge in [0.1, 0.15) is 6.54 Å². The lowest BCUT2D eigenvalue weighted by molar-refractivity contribution is -0.116. The number of pyridine rings is 1. The molecule has 1 aliphatic carbocycles. The summed E-state index contributed by atoms with van der Waals surface area (Å²) >= 11 is 12.1. The summed E-state index contributed by atoms with van der Waals surface area (Å²) in [5.41, 5.74) is 4.21. The smallest absolute Gasteiger partial charge is 0.264 e. The molecule has 1 N–H and O–H groups in total. The van der Waals surface area contributed by atoms with Crippen LogP contribution < -0.4 is 5.32 Å². The minimum atomic E-state index is -2.65. The Bertz CT molecular complexity index is 1490. The number of aromatic nitrogens is 5. The molecule has 0 spiro atoms. The first kappa shape index (κ1) is 24.6. The molecule has 1 fully saturated rings. The number of hydrogen-bond donors (Lipinski definition) is 1. The van der Waals surface area contributed by atoms with Crippen LogP contribution in [0.25, 0.3) is 11.0 Å². The van der Waals surface area contributed by atoms with Crippen LogP contribution in [-0.4, -0.2) is 30.5 Å². The number of amides is 1. The van der Waals surface area contributed by atoms with Crippen molar-refractivity contribution < 1.29 is 13.6 Å². The van der Waals surface area contributed by atoms with E-state index in [4.69, 9.17) is 23.2 Å². The van der Waals surface area contributed by atoms with Crippen LogP contribution in [-0.2, 0) is 17.9 Å². The molecule has 0 unspecified atom stereocenters. The molecule has 3 heterocycles. The number of nitrogens with one attached hydrogen (secondary N) is 1. The minimum Gasteiger partial charge on any atom is -0.321 e. The van der Waals surface area contributed by atoms with Gasteiger partial charge in [0, 0.05) is 17.2 Å². The van der Waals surface area contributed by atoms with Crippen LogP contribution in [0.1, 0.15) is 59.1 Å². The second-order valence-electron chi connectivity index (χ2n) is 9.15. The van der Waals surface area contributed by atoms with Crippen molar-refractivity contribution in [1.82, 2.24) is 24.5 Å². The van der Waals surface area contributed by atoms with E-state index >= 15 is 0 Å². The molecule has 11 heteroatoms. The number of hydrogen-bond acceptors (Lipinski definition) is 4. The number of rotatable bonds is 7. The van der Waals surface area contributed by atoms with E-state index in [0.717, 1.165) is 24.1 Å². The maximum absolute atomic E-state index is 13.8. The van der Waals surface area contributed by atoms with Crippen molar-refractivity contribution in [2.75, 3.05) is 5.32 Å². The van der Waals surface area contributed by atoms with Gasteiger partial charge in [-0.05, 0) is 57.4 Å². The van der Waals surface area contributed by atoms with Crippen LogP contribution in [0.15, 0.2) is 24.3 Å². The van der Waals surface area contributed by atoms with Gasteiger partial charge in [0.15, 0.2) is 5.65 Å². The van der Waals surface area contributed by atoms with Gasteiger partial charge in [-0.2, -0.15) is 10.2 Å². The van der Waals surface area contributed by atoms with Crippen molar-refractivity contribution in [1.29, 1.82) is 0 Å². The summed E-state index contributed by atoms with van der Waals surface area (Å²) in [7, 11) is 0. The molecular formula is C25H24Cl2F2N6O. The van der Waals surface area contributed by atoms with Crippen LogP contribution in [0.3, 0.4) is 0 Å². The van der Waals surface area contributed by atoms with Crippen molar-refractivity contribution in [2.45, 2.75) is 59.0 Å². The van der Waals surface area contributed by atoms with Crippen LogP contribution >= 0.6 is 23.2 Å². The third-order valence-electron chi connectivity index (χ3n) is 6.41. The molecule has 0 bridgehead atoms. The summed E-state index contributed by atoms with van der Waals surface area (Å²) < 4.78 is 30.8. The summed E-state index contributed by atoms with van der Waals surface area (Å²) in [4.78, 5) is 17.6. The highest BCUT2D eigenvalue weighted by atomic mass is 35.5. The molecule has 4 aromatic rings. The summed E-state index contributed by atoms with van der Waals surface area (Å²) in [5.74, 6) is -0.159. The minimum absolute atomic E-state index is 0.0821. The van der Waals surface area contributed by atoms with Crippen molar-refractivity contribution >= 4 is 45.8 Å². The topological polar surface area (TPSA) is 77.6 Å². The Balaban J connectivity index is 1.39. The summed E-state index contributed by atoms with van der Waals surface area (Å²) in [5, 5.41) is 13.1. The predicted molar refractivity (Wildman–Crippen MR) is 135 cm³/mol. The zero-order valence-electron chi connectivity index (χ0n) is 19.9. The highest BCUT2D eigenvalue weighted by Crippen LogP contribution is 2.42. The predicted octanol–water partition coefficient (Wildman–Crippen LogP) is 6.36. The summed E-state index contributed by atoms with van der Waals surface area (Å²) in [6.07, 6.45) is -0.788. The van der Waals surface area contributed by atoms with E-state index in [1.165, 1.54) is 10.7 Å². The first-order valence-corrected chi connectivity index (χ1v) is 12.3. The number of aryl methyl sites for hydroxylation is 2. The first-order valence-electron chi connectivity index (χ1n) is 11.6. The Labute approximate surface area is 216 Å². The monoisotopic (exact) mass is 532 g/mol. The average Bonchev–Trinajstić information content (AvgIpc) is 3.59. The van der Waals surface area contributed by atoms with Gasteiger partial charge in [-0.15, -0.1) is 0 Å². The SMILES string of the molecule is Cc1nn(Cc2ccc(Cl)c(Cl)c2)c(C)c1NC(=O)Cn1nc(C)c2c(C(F)F)cc(C3CC3)nc21. The Kier molecular flexibility index (Phi) is 6.46. The van der Waals surface area contributed by atoms with Crippen molar-refractivity contribution in [3.63, 3.8) is 0 Å². The fraction of sp³-hybridized carbons (Fsp3) is 0.360. The fourth-order valence-electron chi connectivity index (χ4n) is 4.44. The summed E-state index contributed by atoms with van der Waals surface area (Å²) in [6.45, 7) is 5.61. The highest BCUT2D eigenvalue weighted by molar-refractivity contribution is 6.42. The second-order valence-corrected chi connectivity index (χ2v) is 9.97. The van der Waals surface area contributed by atoms with E-state index in [0.29, 0.717) is 50.4 Å². The highest BCUT2D eigenvalue weighted by Gasteiger charge is 2.29. The molecule has 0 atom stereocenters. The Morgan fingerprint density at radius 2 is 1.81 bits per heavy atom. The lowest BCUT2D eigenvalue weighted by Gasteiger charge is -2.09. The van der Waals surface area contributed by atoms with Crippen LogP contribution in [0, 0.1) is 20.8 Å². The van der Waals surface area contributed by atoms with E-state index in [2.05, 4.69) is 20.5 Å². The maximum atomic E-state index is 13.8. The zero-order chi connectivity index (χ0) is 25.7. The Morgan fingerprint density at radius 3 is 2.47 bits per heavy atom. The molecule has 1 saturated carbocycles. The average molecular weight is 533 g/mol. The van der Waals surface area contributed by atoms with Gasteiger partial charge < -0.3 is 5.32 Å². The van der Waals surface area contributed by atoms with Crippen molar-refractivity contribution in [2.24, 2.45) is 0 Å². The molecule has 1 amide bonds. The van der Waals surface area contributed by atoms with Gasteiger partial charge in [-0.1, -0.05) is 29.3 Å². The van der Waals surface area contributed by atoms with Crippen LogP contribution in [0.2, 0.25) is 10.0 Å². The lowest BCUT2D eigenvalue weighted by Crippen LogP contribution is -2.20. The van der Waals surface area contributed by atoms with E-state index in [-0.39, 0.29) is 23.9 Å². The molecule has 188 valence electrons. The largest absolute Gasteiger partial charge is 0.321 e. The quantitative estimate of drug-likeness (QED) is 0.300. The Morgan fingerprint density at radius 1 is 1.08 bits per heavy atom. The fourth-order valence-corrected chi connectivity index (χ4v) is 4.76. The molecule has 3 aromatic heterocycles. The molecule has 0 saturated heterocycles. The van der Waals surface area contributed by atoms with Crippen LogP contribution in [0.4, 0.5) is 14.5 Å².